The number of likely N-dealkylation sites (N-methyl/N-ethyl adjacent to an activating group) is 1. The third-order valence-corrected chi connectivity index (χ3v) is 14.9. The number of thioether (sulfide) groups is 2. The van der Waals surface area contributed by atoms with Crippen LogP contribution in [0.3, 0.4) is 0 Å². The number of carbonyl (C=O) groups excluding carboxylic acids is 10. The Labute approximate surface area is 471 Å². The van der Waals surface area contributed by atoms with Gasteiger partial charge in [0.15, 0.2) is 11.6 Å². The van der Waals surface area contributed by atoms with E-state index in [0.717, 1.165) is 27.5 Å². The molecule has 3 aromatic rings. The van der Waals surface area contributed by atoms with Crippen LogP contribution in [-0.4, -0.2) is 160 Å². The number of primary amides is 1. The van der Waals surface area contributed by atoms with Crippen molar-refractivity contribution in [1.29, 1.82) is 0 Å². The second-order valence-corrected chi connectivity index (χ2v) is 21.8. The van der Waals surface area contributed by atoms with Gasteiger partial charge in [0.2, 0.25) is 47.3 Å². The van der Waals surface area contributed by atoms with Gasteiger partial charge in [-0.1, -0.05) is 66.2 Å². The Balaban J connectivity index is 1.50. The van der Waals surface area contributed by atoms with Gasteiger partial charge in [0.05, 0.1) is 25.6 Å². The van der Waals surface area contributed by atoms with Gasteiger partial charge >= 0.3 is 11.9 Å². The smallest absolute Gasteiger partial charge is 0.306 e. The molecule has 0 saturated heterocycles. The van der Waals surface area contributed by atoms with Crippen LogP contribution in [-0.2, 0) is 75.5 Å². The zero-order valence-corrected chi connectivity index (χ0v) is 47.1. The predicted molar refractivity (Wildman–Crippen MR) is 300 cm³/mol. The Morgan fingerprint density at radius 1 is 0.625 bits per heavy atom. The molecule has 1 aliphatic rings. The number of fused-ring (bicyclic) bond motifs is 1. The number of aliphatic carboxylic acids is 2. The van der Waals surface area contributed by atoms with Crippen molar-refractivity contribution in [3.05, 3.63) is 82.9 Å². The number of rotatable bonds is 35. The van der Waals surface area contributed by atoms with E-state index in [9.17, 15) is 62.6 Å². The normalized spacial score (nSPS) is 16.2. The first-order valence-corrected chi connectivity index (χ1v) is 28.1. The van der Waals surface area contributed by atoms with Gasteiger partial charge in [0.1, 0.15) is 41.8 Å². The van der Waals surface area contributed by atoms with Crippen LogP contribution in [0.25, 0.3) is 10.8 Å². The van der Waals surface area contributed by atoms with Gasteiger partial charge in [0, 0.05) is 48.7 Å². The molecule has 0 bridgehead atoms. The van der Waals surface area contributed by atoms with Crippen LogP contribution in [0.5, 0.6) is 0 Å². The van der Waals surface area contributed by atoms with Crippen molar-refractivity contribution in [2.75, 3.05) is 31.6 Å². The van der Waals surface area contributed by atoms with Crippen molar-refractivity contribution in [1.82, 2.24) is 47.9 Å². The number of aryl methyl sites for hydroxylation is 1. The molecule has 434 valence electrons. The highest BCUT2D eigenvalue weighted by Crippen LogP contribution is 2.34. The Bertz CT molecular complexity index is 2800. The fourth-order valence-electron chi connectivity index (χ4n) is 8.14. The number of amides is 8. The number of benzene rings is 3. The summed E-state index contributed by atoms with van der Waals surface area (Å²) >= 11 is 2.55. The van der Waals surface area contributed by atoms with Crippen molar-refractivity contribution < 1.29 is 67.7 Å². The van der Waals surface area contributed by atoms with Crippen molar-refractivity contribution in [2.24, 2.45) is 5.73 Å². The van der Waals surface area contributed by atoms with E-state index >= 15 is 0 Å². The molecule has 1 fully saturated rings. The summed E-state index contributed by atoms with van der Waals surface area (Å²) in [7, 11) is 1.61. The van der Waals surface area contributed by atoms with Gasteiger partial charge in [-0.2, -0.15) is 23.5 Å². The molecule has 1 aliphatic carbocycles. The number of hydrogen-bond acceptors (Lipinski definition) is 16. The van der Waals surface area contributed by atoms with E-state index in [2.05, 4.69) is 47.9 Å². The molecule has 4 rings (SSSR count). The van der Waals surface area contributed by atoms with Crippen molar-refractivity contribution in [3.63, 3.8) is 0 Å². The lowest BCUT2D eigenvalue weighted by atomic mass is 9.98. The van der Waals surface area contributed by atoms with Crippen LogP contribution in [0.15, 0.2) is 60.7 Å². The van der Waals surface area contributed by atoms with Gasteiger partial charge in [-0.25, -0.2) is 0 Å². The highest BCUT2D eigenvalue weighted by molar-refractivity contribution is 7.98. The summed E-state index contributed by atoms with van der Waals surface area (Å²) in [4.78, 5) is 153. The molecular formula is C54H72N10O14S2. The molecule has 1 saturated carbocycles. The van der Waals surface area contributed by atoms with E-state index in [-0.39, 0.29) is 68.2 Å². The number of carboxylic acid groups (broad SMARTS) is 2. The summed E-state index contributed by atoms with van der Waals surface area (Å²) in [5.41, 5.74) is 6.97. The van der Waals surface area contributed by atoms with E-state index < -0.39 is 119 Å². The second-order valence-electron chi connectivity index (χ2n) is 19.7. The molecule has 26 heteroatoms. The molecule has 8 atom stereocenters. The van der Waals surface area contributed by atoms with Crippen LogP contribution in [0.2, 0.25) is 0 Å². The molecule has 0 aliphatic heterocycles. The largest absolute Gasteiger partial charge is 0.481 e. The minimum Gasteiger partial charge on any atom is -0.481 e. The lowest BCUT2D eigenvalue weighted by Crippen LogP contribution is -2.58. The highest BCUT2D eigenvalue weighted by Gasteiger charge is 2.56. The van der Waals surface area contributed by atoms with Crippen LogP contribution in [0.1, 0.15) is 82.1 Å². The maximum atomic E-state index is 14.0. The van der Waals surface area contributed by atoms with Crippen LogP contribution >= 0.6 is 23.5 Å². The molecule has 0 spiro atoms. The van der Waals surface area contributed by atoms with Crippen LogP contribution in [0.4, 0.5) is 0 Å². The predicted octanol–water partition coefficient (Wildman–Crippen LogP) is -0.365. The molecule has 24 nitrogen and oxygen atoms in total. The van der Waals surface area contributed by atoms with Crippen molar-refractivity contribution in [2.45, 2.75) is 132 Å². The van der Waals surface area contributed by atoms with Crippen molar-refractivity contribution >= 4 is 105 Å². The fraction of sp³-hybridized carbons (Fsp3) is 0.481. The van der Waals surface area contributed by atoms with E-state index in [1.807, 2.05) is 55.5 Å². The number of ketones is 2. The summed E-state index contributed by atoms with van der Waals surface area (Å²) in [5, 5.41) is 43.8. The molecule has 0 heterocycles. The van der Waals surface area contributed by atoms with Crippen LogP contribution < -0.4 is 53.6 Å². The summed E-state index contributed by atoms with van der Waals surface area (Å²) in [5.74, 6) is -8.23. The van der Waals surface area contributed by atoms with Crippen LogP contribution in [0, 0.1) is 6.92 Å². The molecule has 0 aromatic heterocycles. The average molecular weight is 1150 g/mol. The summed E-state index contributed by atoms with van der Waals surface area (Å²) in [6.45, 7) is 7.51. The number of nitrogens with one attached hydrogen (secondary N) is 9. The monoisotopic (exact) mass is 1150 g/mol. The van der Waals surface area contributed by atoms with Crippen molar-refractivity contribution in [3.8, 4) is 0 Å². The lowest BCUT2D eigenvalue weighted by molar-refractivity contribution is -0.139. The first-order chi connectivity index (χ1) is 37.8. The zero-order valence-electron chi connectivity index (χ0n) is 45.5. The molecule has 3 aromatic carbocycles. The minimum atomic E-state index is -1.60. The number of Topliss-reactive ketones (excluding diaryl/α,β-unsaturated/α-hetero) is 2. The molecule has 0 radical (unpaired) electrons. The SMILES string of the molecule is CNCC(=O)CNC(C)C(=O)NC(CSCc1cc(C)cc(CSCC(NC(=O)C(C)NC(=O)C(Cc2cccc3ccccc23)NC(=O)CCCC(=O)O)C(=O)NC(C)C(=O)NC2(CC(=O)O)CC2=O)c1)C(=O)NC(C)C(N)=O. The van der Waals surface area contributed by atoms with Gasteiger partial charge in [0.25, 0.3) is 0 Å². The Hall–Kier alpha value is -7.42. The topological polar surface area (TPSA) is 380 Å². The third-order valence-electron chi connectivity index (χ3n) is 12.7. The number of nitrogens with two attached hydrogens (primary N) is 1. The van der Waals surface area contributed by atoms with E-state index in [0.29, 0.717) is 11.3 Å². The number of carbonyl (C=O) groups is 12. The second kappa shape index (κ2) is 31.4. The standard InChI is InChI=1S/C54H72N10O14S2/c1-29-17-34(25-79-27-41(52(77)58-30(2)47(55)72)62-48(73)31(3)57-24-38(65)23-56-6)19-35(18-29)26-80-28-42(53(78)60-33(5)50(75)64-54(21-43(54)66)22-46(70)71)63-49(74)32(4)59-51(76)40(61-44(67)15-10-16-45(68)69)20-37-13-9-12-36-11-7-8-14-39(36)37/h7-9,11-14,17-19,30-33,40-42,56-57H,10,15-16,20-28H2,1-6H3,(H2,55,72)(H,58,77)(H,59,76)(H,60,78)(H,61,67)(H,62,73)(H,63,74)(H,64,75)(H,68,69)(H,70,71). The molecular weight excluding hydrogens is 1080 g/mol. The Morgan fingerprint density at radius 3 is 1.71 bits per heavy atom. The summed E-state index contributed by atoms with van der Waals surface area (Å²) in [6.07, 6.45) is -1.29. The maximum Gasteiger partial charge on any atom is 0.306 e. The molecule has 8 amide bonds. The molecule has 8 unspecified atom stereocenters. The number of hydrogen-bond donors (Lipinski definition) is 12. The first-order valence-electron chi connectivity index (χ1n) is 25.8. The Morgan fingerprint density at radius 2 is 1.16 bits per heavy atom. The quantitative estimate of drug-likeness (QED) is 0.0358. The summed E-state index contributed by atoms with van der Waals surface area (Å²) in [6, 6.07) is 10.5. The number of carboxylic acids is 2. The van der Waals surface area contributed by atoms with Gasteiger partial charge in [-0.15, -0.1) is 0 Å². The van der Waals surface area contributed by atoms with Gasteiger partial charge in [-0.05, 0) is 75.5 Å². The van der Waals surface area contributed by atoms with E-state index in [4.69, 9.17) is 10.8 Å². The summed E-state index contributed by atoms with van der Waals surface area (Å²) < 4.78 is 0. The lowest BCUT2D eigenvalue weighted by Gasteiger charge is -2.25. The van der Waals surface area contributed by atoms with Gasteiger partial charge < -0.3 is 58.5 Å². The van der Waals surface area contributed by atoms with Gasteiger partial charge in [-0.3, -0.25) is 62.9 Å². The van der Waals surface area contributed by atoms with E-state index in [1.54, 1.807) is 19.2 Å². The molecule has 13 N–H and O–H groups in total. The average Bonchev–Trinajstić information content (AvgIpc) is 4.09. The van der Waals surface area contributed by atoms with E-state index in [1.165, 1.54) is 51.2 Å². The minimum absolute atomic E-state index is 0.0000794. The zero-order chi connectivity index (χ0) is 59.3. The maximum absolute atomic E-state index is 14.0. The Kier molecular flexibility index (Phi) is 25.5. The first kappa shape index (κ1) is 65.1. The fourth-order valence-corrected chi connectivity index (χ4v) is 10.1. The molecule has 80 heavy (non-hydrogen) atoms. The highest BCUT2D eigenvalue weighted by atomic mass is 32.2. The third kappa shape index (κ3) is 21.3.